The first-order valence-electron chi connectivity index (χ1n) is 6.13. The van der Waals surface area contributed by atoms with E-state index in [-0.39, 0.29) is 11.8 Å². The number of aromatic nitrogens is 2. The van der Waals surface area contributed by atoms with Crippen LogP contribution in [0.1, 0.15) is 17.9 Å². The molecule has 0 radical (unpaired) electrons. The van der Waals surface area contributed by atoms with Crippen LogP contribution in [0, 0.1) is 5.92 Å². The van der Waals surface area contributed by atoms with E-state index in [0.29, 0.717) is 6.54 Å². The molecule has 0 amide bonds. The number of hydrogen-bond acceptors (Lipinski definition) is 3. The highest BCUT2D eigenvalue weighted by Gasteiger charge is 2.33. The summed E-state index contributed by atoms with van der Waals surface area (Å²) in [6.07, 6.45) is 4.53. The van der Waals surface area contributed by atoms with Gasteiger partial charge in [-0.15, -0.1) is 0 Å². The zero-order valence-corrected chi connectivity index (χ0v) is 9.91. The first-order valence-corrected chi connectivity index (χ1v) is 6.13. The Labute approximate surface area is 104 Å². The second-order valence-corrected chi connectivity index (χ2v) is 4.67. The maximum Gasteiger partial charge on any atom is 0.308 e. The molecule has 1 fully saturated rings. The molecule has 2 aromatic rings. The predicted octanol–water partition coefficient (Wildman–Crippen LogP) is 1.11. The van der Waals surface area contributed by atoms with E-state index in [0.717, 1.165) is 24.0 Å². The molecular formula is C13H15N3O2. The summed E-state index contributed by atoms with van der Waals surface area (Å²) in [7, 11) is 0. The van der Waals surface area contributed by atoms with E-state index in [9.17, 15) is 9.90 Å². The van der Waals surface area contributed by atoms with Crippen molar-refractivity contribution in [1.29, 1.82) is 0 Å². The lowest BCUT2D eigenvalue weighted by molar-refractivity contribution is -0.142. The molecule has 0 saturated carbocycles. The van der Waals surface area contributed by atoms with Crippen molar-refractivity contribution in [3.63, 3.8) is 0 Å². The van der Waals surface area contributed by atoms with Crippen LogP contribution in [0.2, 0.25) is 0 Å². The van der Waals surface area contributed by atoms with Crippen LogP contribution < -0.4 is 5.32 Å². The highest BCUT2D eigenvalue weighted by Crippen LogP contribution is 2.32. The number of aliphatic carboxylic acids is 1. The lowest BCUT2D eigenvalue weighted by atomic mass is 9.82. The molecule has 5 nitrogen and oxygen atoms in total. The molecule has 3 rings (SSSR count). The van der Waals surface area contributed by atoms with Crippen LogP contribution in [-0.2, 0) is 4.79 Å². The Morgan fingerprint density at radius 1 is 1.50 bits per heavy atom. The van der Waals surface area contributed by atoms with Crippen LogP contribution in [0.3, 0.4) is 0 Å². The number of fused-ring (bicyclic) bond motifs is 1. The number of carboxylic acids is 1. The Kier molecular flexibility index (Phi) is 2.76. The van der Waals surface area contributed by atoms with Crippen LogP contribution >= 0.6 is 0 Å². The second-order valence-electron chi connectivity index (χ2n) is 4.67. The minimum Gasteiger partial charge on any atom is -0.481 e. The summed E-state index contributed by atoms with van der Waals surface area (Å²) < 4.78 is 1.80. The van der Waals surface area contributed by atoms with Crippen LogP contribution in [0.5, 0.6) is 0 Å². The summed E-state index contributed by atoms with van der Waals surface area (Å²) >= 11 is 0. The molecule has 3 heterocycles. The van der Waals surface area contributed by atoms with Gasteiger partial charge in [-0.25, -0.2) is 4.52 Å². The average Bonchev–Trinajstić information content (AvgIpc) is 2.82. The molecule has 2 aromatic heterocycles. The Hall–Kier alpha value is -1.88. The van der Waals surface area contributed by atoms with Gasteiger partial charge in [0.1, 0.15) is 0 Å². The Morgan fingerprint density at radius 2 is 2.39 bits per heavy atom. The van der Waals surface area contributed by atoms with Gasteiger partial charge in [0.15, 0.2) is 0 Å². The molecule has 5 heteroatoms. The Bertz CT molecular complexity index is 578. The number of rotatable bonds is 2. The van der Waals surface area contributed by atoms with Gasteiger partial charge in [0.25, 0.3) is 0 Å². The lowest BCUT2D eigenvalue weighted by Gasteiger charge is -2.28. The van der Waals surface area contributed by atoms with Crippen molar-refractivity contribution in [3.05, 3.63) is 36.2 Å². The number of carboxylic acid groups (broad SMARTS) is 1. The molecule has 0 bridgehead atoms. The molecule has 18 heavy (non-hydrogen) atoms. The maximum absolute atomic E-state index is 11.3. The highest BCUT2D eigenvalue weighted by atomic mass is 16.4. The predicted molar refractivity (Wildman–Crippen MR) is 66.5 cm³/mol. The fourth-order valence-corrected chi connectivity index (χ4v) is 2.73. The number of piperidine rings is 1. The molecule has 1 saturated heterocycles. The number of pyridine rings is 1. The van der Waals surface area contributed by atoms with Gasteiger partial charge in [-0.05, 0) is 25.1 Å². The summed E-state index contributed by atoms with van der Waals surface area (Å²) in [5, 5.41) is 16.8. The van der Waals surface area contributed by atoms with Gasteiger partial charge < -0.3 is 10.4 Å². The minimum absolute atomic E-state index is 0.0450. The molecule has 2 unspecified atom stereocenters. The van der Waals surface area contributed by atoms with Gasteiger partial charge in [-0.3, -0.25) is 4.79 Å². The summed E-state index contributed by atoms with van der Waals surface area (Å²) in [6.45, 7) is 1.39. The lowest BCUT2D eigenvalue weighted by Crippen LogP contribution is -2.39. The van der Waals surface area contributed by atoms with Crippen molar-refractivity contribution in [2.45, 2.75) is 12.3 Å². The Balaban J connectivity index is 2.04. The molecular weight excluding hydrogens is 230 g/mol. The van der Waals surface area contributed by atoms with E-state index in [1.165, 1.54) is 0 Å². The van der Waals surface area contributed by atoms with E-state index in [1.54, 1.807) is 10.7 Å². The summed E-state index contributed by atoms with van der Waals surface area (Å²) in [5.41, 5.74) is 2.06. The summed E-state index contributed by atoms with van der Waals surface area (Å²) in [5.74, 6) is -1.06. The van der Waals surface area contributed by atoms with Gasteiger partial charge >= 0.3 is 5.97 Å². The van der Waals surface area contributed by atoms with Gasteiger partial charge in [0.2, 0.25) is 0 Å². The third-order valence-corrected chi connectivity index (χ3v) is 3.66. The monoisotopic (exact) mass is 245 g/mol. The Morgan fingerprint density at radius 3 is 3.22 bits per heavy atom. The van der Waals surface area contributed by atoms with Gasteiger partial charge in [-0.1, -0.05) is 6.07 Å². The quantitative estimate of drug-likeness (QED) is 0.831. The van der Waals surface area contributed by atoms with Crippen molar-refractivity contribution in [2.24, 2.45) is 5.92 Å². The number of nitrogens with one attached hydrogen (secondary N) is 1. The van der Waals surface area contributed by atoms with Crippen LogP contribution in [0.15, 0.2) is 30.6 Å². The molecule has 0 aliphatic carbocycles. The molecule has 94 valence electrons. The number of hydrogen-bond donors (Lipinski definition) is 2. The maximum atomic E-state index is 11.3. The van der Waals surface area contributed by atoms with Crippen molar-refractivity contribution < 1.29 is 9.90 Å². The third-order valence-electron chi connectivity index (χ3n) is 3.66. The molecule has 1 aliphatic heterocycles. The molecule has 0 aromatic carbocycles. The van der Waals surface area contributed by atoms with E-state index in [4.69, 9.17) is 0 Å². The zero-order chi connectivity index (χ0) is 12.5. The standard InChI is InChI=1S/C13H15N3O2/c17-13(18)11-7-14-5-4-9(11)10-8-15-16-6-2-1-3-12(10)16/h1-3,6,8-9,11,14H,4-5,7H2,(H,17,18). The highest BCUT2D eigenvalue weighted by molar-refractivity contribution is 5.73. The van der Waals surface area contributed by atoms with Crippen LogP contribution in [0.25, 0.3) is 5.52 Å². The number of carbonyl (C=O) groups is 1. The summed E-state index contributed by atoms with van der Waals surface area (Å²) in [4.78, 5) is 11.3. The van der Waals surface area contributed by atoms with Crippen molar-refractivity contribution in [2.75, 3.05) is 13.1 Å². The summed E-state index contributed by atoms with van der Waals surface area (Å²) in [6, 6.07) is 5.86. The third kappa shape index (κ3) is 1.76. The fourth-order valence-electron chi connectivity index (χ4n) is 2.73. The topological polar surface area (TPSA) is 66.6 Å². The van der Waals surface area contributed by atoms with Gasteiger partial charge in [0.05, 0.1) is 17.6 Å². The van der Waals surface area contributed by atoms with Crippen LogP contribution in [0.4, 0.5) is 0 Å². The molecule has 0 spiro atoms. The largest absolute Gasteiger partial charge is 0.481 e. The van der Waals surface area contributed by atoms with Crippen molar-refractivity contribution in [3.8, 4) is 0 Å². The fraction of sp³-hybridized carbons (Fsp3) is 0.385. The molecule has 2 N–H and O–H groups in total. The van der Waals surface area contributed by atoms with Gasteiger partial charge in [-0.2, -0.15) is 5.10 Å². The van der Waals surface area contributed by atoms with E-state index >= 15 is 0 Å². The van der Waals surface area contributed by atoms with E-state index < -0.39 is 5.97 Å². The first-order chi connectivity index (χ1) is 8.77. The SMILES string of the molecule is O=C(O)C1CNCCC1c1cnn2ccccc12. The number of nitrogens with zero attached hydrogens (tertiary/aromatic N) is 2. The average molecular weight is 245 g/mol. The molecule has 1 aliphatic rings. The second kappa shape index (κ2) is 4.42. The first kappa shape index (κ1) is 11.2. The van der Waals surface area contributed by atoms with Gasteiger partial charge in [0, 0.05) is 24.2 Å². The smallest absolute Gasteiger partial charge is 0.308 e. The van der Waals surface area contributed by atoms with Crippen molar-refractivity contribution in [1.82, 2.24) is 14.9 Å². The van der Waals surface area contributed by atoms with Crippen molar-refractivity contribution >= 4 is 11.5 Å². The van der Waals surface area contributed by atoms with Crippen LogP contribution in [-0.4, -0.2) is 33.8 Å². The normalized spacial score (nSPS) is 24.2. The zero-order valence-electron chi connectivity index (χ0n) is 9.91. The van der Waals surface area contributed by atoms with E-state index in [1.807, 2.05) is 24.4 Å². The molecule has 2 atom stereocenters. The van der Waals surface area contributed by atoms with E-state index in [2.05, 4.69) is 10.4 Å². The minimum atomic E-state index is -0.734.